The van der Waals surface area contributed by atoms with Crippen molar-refractivity contribution in [2.75, 3.05) is 31.6 Å². The number of carbonyl (C=O) groups is 2. The zero-order valence-corrected chi connectivity index (χ0v) is 20.7. The number of aromatic nitrogens is 1. The van der Waals surface area contributed by atoms with Crippen molar-refractivity contribution in [3.05, 3.63) is 33.9 Å². The van der Waals surface area contributed by atoms with Gasteiger partial charge in [-0.1, -0.05) is 6.92 Å². The zero-order valence-electron chi connectivity index (χ0n) is 20.7. The molecule has 190 valence electrons. The Labute approximate surface area is 202 Å². The Morgan fingerprint density at radius 1 is 1.31 bits per heavy atom. The Balaban J connectivity index is 1.70. The van der Waals surface area contributed by atoms with Crippen LogP contribution in [0.5, 0.6) is 5.75 Å². The molecule has 1 unspecified atom stereocenters. The second-order valence-corrected chi connectivity index (χ2v) is 10.8. The predicted molar refractivity (Wildman–Crippen MR) is 129 cm³/mol. The van der Waals surface area contributed by atoms with Crippen molar-refractivity contribution in [2.45, 2.75) is 58.6 Å². The summed E-state index contributed by atoms with van der Waals surface area (Å²) in [5.41, 5.74) is -1.43. The molecule has 9 nitrogen and oxygen atoms in total. The van der Waals surface area contributed by atoms with Gasteiger partial charge < -0.3 is 29.4 Å². The largest absolute Gasteiger partial charge is 0.492 e. The standard InChI is InChI=1S/C25H32FN3O6/c1-24(2,3)35-23(33)27-12-25(4)8-9-28(13-25)19-17(26)10-15-18(21(19)34-5)29(14-6-7-14)11-16(20(15)30)22(31)32/h10-11,14H,6-9,12-13H2,1-5H3,(H,27,33)(H,31,32). The highest BCUT2D eigenvalue weighted by Gasteiger charge is 2.38. The van der Waals surface area contributed by atoms with E-state index in [0.717, 1.165) is 18.9 Å². The van der Waals surface area contributed by atoms with E-state index in [1.807, 2.05) is 11.8 Å². The number of nitrogens with zero attached hydrogens (tertiary/aromatic N) is 2. The van der Waals surface area contributed by atoms with Gasteiger partial charge in [0.05, 0.1) is 18.0 Å². The number of fused-ring (bicyclic) bond motifs is 1. The molecule has 0 radical (unpaired) electrons. The molecular formula is C25H32FN3O6. The highest BCUT2D eigenvalue weighted by Crippen LogP contribution is 2.45. The van der Waals surface area contributed by atoms with E-state index in [1.54, 1.807) is 25.3 Å². The lowest BCUT2D eigenvalue weighted by molar-refractivity contribution is 0.0506. The first kappa shape index (κ1) is 24.8. The smallest absolute Gasteiger partial charge is 0.407 e. The summed E-state index contributed by atoms with van der Waals surface area (Å²) in [6, 6.07) is 1.15. The first-order chi connectivity index (χ1) is 16.3. The molecule has 1 aromatic heterocycles. The average Bonchev–Trinajstić information content (AvgIpc) is 3.53. The molecule has 1 aliphatic heterocycles. The molecular weight excluding hydrogens is 457 g/mol. The Hall–Kier alpha value is -3.30. The third-order valence-electron chi connectivity index (χ3n) is 6.51. The molecule has 10 heteroatoms. The molecule has 1 atom stereocenters. The maximum absolute atomic E-state index is 15.5. The van der Waals surface area contributed by atoms with Crippen molar-refractivity contribution in [3.63, 3.8) is 0 Å². The second kappa shape index (κ2) is 8.73. The van der Waals surface area contributed by atoms with E-state index in [-0.39, 0.29) is 33.8 Å². The third kappa shape index (κ3) is 4.92. The number of nitrogens with one attached hydrogen (secondary N) is 1. The SMILES string of the molecule is COc1c(N2CCC(C)(CNC(=O)OC(C)(C)C)C2)c(F)cc2c(=O)c(C(=O)O)cn(C3CC3)c12. The van der Waals surface area contributed by atoms with Crippen LogP contribution in [0.1, 0.15) is 63.4 Å². The summed E-state index contributed by atoms with van der Waals surface area (Å²) in [5.74, 6) is -1.78. The first-order valence-electron chi connectivity index (χ1n) is 11.7. The van der Waals surface area contributed by atoms with E-state index in [9.17, 15) is 19.5 Å². The van der Waals surface area contributed by atoms with Gasteiger partial charge in [-0.3, -0.25) is 4.79 Å². The van der Waals surface area contributed by atoms with Crippen molar-refractivity contribution < 1.29 is 28.6 Å². The maximum atomic E-state index is 15.5. The number of benzene rings is 1. The topological polar surface area (TPSA) is 110 Å². The number of carboxylic acids is 1. The highest BCUT2D eigenvalue weighted by molar-refractivity contribution is 5.97. The third-order valence-corrected chi connectivity index (χ3v) is 6.51. The van der Waals surface area contributed by atoms with Gasteiger partial charge in [0.1, 0.15) is 16.9 Å². The summed E-state index contributed by atoms with van der Waals surface area (Å²) in [4.78, 5) is 38.5. The summed E-state index contributed by atoms with van der Waals surface area (Å²) in [6.45, 7) is 8.71. The zero-order chi connectivity index (χ0) is 25.7. The van der Waals surface area contributed by atoms with Gasteiger partial charge in [0, 0.05) is 37.3 Å². The second-order valence-electron chi connectivity index (χ2n) is 10.8. The first-order valence-corrected chi connectivity index (χ1v) is 11.7. The number of carbonyl (C=O) groups excluding carboxylic acids is 1. The number of carboxylic acid groups (broad SMARTS) is 1. The number of hydrogen-bond donors (Lipinski definition) is 2. The lowest BCUT2D eigenvalue weighted by atomic mass is 9.90. The fourth-order valence-corrected chi connectivity index (χ4v) is 4.68. The van der Waals surface area contributed by atoms with Gasteiger partial charge in [-0.05, 0) is 46.1 Å². The van der Waals surface area contributed by atoms with Crippen LogP contribution in [0, 0.1) is 11.2 Å². The molecule has 1 aromatic carbocycles. The van der Waals surface area contributed by atoms with Crippen LogP contribution in [-0.4, -0.2) is 54.1 Å². The van der Waals surface area contributed by atoms with Crippen molar-refractivity contribution >= 4 is 28.7 Å². The highest BCUT2D eigenvalue weighted by atomic mass is 19.1. The number of rotatable bonds is 6. The van der Waals surface area contributed by atoms with Gasteiger partial charge in [-0.15, -0.1) is 0 Å². The Bertz CT molecular complexity index is 1250. The van der Waals surface area contributed by atoms with E-state index in [4.69, 9.17) is 9.47 Å². The number of hydrogen-bond acceptors (Lipinski definition) is 6. The number of methoxy groups -OCH3 is 1. The monoisotopic (exact) mass is 489 g/mol. The number of aromatic carboxylic acids is 1. The lowest BCUT2D eigenvalue weighted by Crippen LogP contribution is -2.40. The van der Waals surface area contributed by atoms with E-state index in [2.05, 4.69) is 5.32 Å². The van der Waals surface area contributed by atoms with Crippen molar-refractivity contribution in [3.8, 4) is 5.75 Å². The Kier molecular flexibility index (Phi) is 6.19. The van der Waals surface area contributed by atoms with Gasteiger partial charge in [-0.25, -0.2) is 14.0 Å². The fourth-order valence-electron chi connectivity index (χ4n) is 4.68. The number of anilines is 1. The van der Waals surface area contributed by atoms with Crippen LogP contribution in [0.25, 0.3) is 10.9 Å². The number of halogens is 1. The molecule has 1 amide bonds. The van der Waals surface area contributed by atoms with Crippen LogP contribution in [0.2, 0.25) is 0 Å². The molecule has 1 saturated heterocycles. The van der Waals surface area contributed by atoms with Crippen LogP contribution in [0.4, 0.5) is 14.9 Å². The fraction of sp³-hybridized carbons (Fsp3) is 0.560. The van der Waals surface area contributed by atoms with Crippen molar-refractivity contribution in [2.24, 2.45) is 5.41 Å². The minimum atomic E-state index is -1.34. The van der Waals surface area contributed by atoms with Crippen LogP contribution < -0.4 is 20.4 Å². The number of alkyl carbamates (subject to hydrolysis) is 1. The van der Waals surface area contributed by atoms with Crippen LogP contribution in [-0.2, 0) is 4.74 Å². The molecule has 2 aliphatic rings. The summed E-state index contributed by atoms with van der Waals surface area (Å²) < 4.78 is 28.2. The normalized spacial score (nSPS) is 20.2. The summed E-state index contributed by atoms with van der Waals surface area (Å²) in [6.07, 6.45) is 3.20. The van der Waals surface area contributed by atoms with Gasteiger partial charge in [0.2, 0.25) is 5.43 Å². The number of amides is 1. The molecule has 1 saturated carbocycles. The van der Waals surface area contributed by atoms with Crippen molar-refractivity contribution in [1.82, 2.24) is 9.88 Å². The molecule has 2 aromatic rings. The molecule has 2 fully saturated rings. The Morgan fingerprint density at radius 3 is 2.57 bits per heavy atom. The molecule has 2 heterocycles. The minimum absolute atomic E-state index is 0.0107. The molecule has 0 bridgehead atoms. The van der Waals surface area contributed by atoms with E-state index >= 15 is 4.39 Å². The number of ether oxygens (including phenoxy) is 2. The minimum Gasteiger partial charge on any atom is -0.492 e. The lowest BCUT2D eigenvalue weighted by Gasteiger charge is -2.28. The van der Waals surface area contributed by atoms with E-state index < -0.39 is 28.9 Å². The van der Waals surface area contributed by atoms with E-state index in [1.165, 1.54) is 13.3 Å². The van der Waals surface area contributed by atoms with Gasteiger partial charge in [0.25, 0.3) is 0 Å². The average molecular weight is 490 g/mol. The molecule has 2 N–H and O–H groups in total. The quantitative estimate of drug-likeness (QED) is 0.633. The summed E-state index contributed by atoms with van der Waals surface area (Å²) in [5, 5.41) is 12.3. The van der Waals surface area contributed by atoms with Crippen LogP contribution >= 0.6 is 0 Å². The van der Waals surface area contributed by atoms with Crippen LogP contribution in [0.3, 0.4) is 0 Å². The molecule has 1 aliphatic carbocycles. The van der Waals surface area contributed by atoms with E-state index in [0.29, 0.717) is 31.6 Å². The van der Waals surface area contributed by atoms with Gasteiger partial charge in [-0.2, -0.15) is 0 Å². The molecule has 4 rings (SSSR count). The predicted octanol–water partition coefficient (Wildman–Crippen LogP) is 3.92. The van der Waals surface area contributed by atoms with Gasteiger partial charge in [0.15, 0.2) is 11.6 Å². The summed E-state index contributed by atoms with van der Waals surface area (Å²) in [7, 11) is 1.42. The summed E-state index contributed by atoms with van der Waals surface area (Å²) >= 11 is 0. The van der Waals surface area contributed by atoms with Crippen molar-refractivity contribution in [1.29, 1.82) is 0 Å². The number of pyridine rings is 1. The molecule has 35 heavy (non-hydrogen) atoms. The molecule has 0 spiro atoms. The maximum Gasteiger partial charge on any atom is 0.407 e. The van der Waals surface area contributed by atoms with Gasteiger partial charge >= 0.3 is 12.1 Å². The van der Waals surface area contributed by atoms with Crippen LogP contribution in [0.15, 0.2) is 17.1 Å². The Morgan fingerprint density at radius 2 is 2.00 bits per heavy atom.